The normalized spacial score (nSPS) is 14.8. The van der Waals surface area contributed by atoms with Gasteiger partial charge < -0.3 is 9.64 Å². The molecular formula is C21H18F3NO3. The fourth-order valence-electron chi connectivity index (χ4n) is 3.03. The summed E-state index contributed by atoms with van der Waals surface area (Å²) in [7, 11) is 0. The van der Waals surface area contributed by atoms with Crippen LogP contribution in [0.3, 0.4) is 0 Å². The number of benzene rings is 2. The molecule has 0 bridgehead atoms. The number of hydrogen-bond acceptors (Lipinski definition) is 3. The summed E-state index contributed by atoms with van der Waals surface area (Å²) < 4.78 is 43.3. The second-order valence-electron chi connectivity index (χ2n) is 6.40. The van der Waals surface area contributed by atoms with Gasteiger partial charge in [-0.05, 0) is 48.7 Å². The Hall–Kier alpha value is -3.09. The molecule has 7 heteroatoms. The molecule has 28 heavy (non-hydrogen) atoms. The van der Waals surface area contributed by atoms with Gasteiger partial charge in [0.2, 0.25) is 0 Å². The number of esters is 1. The summed E-state index contributed by atoms with van der Waals surface area (Å²) in [4.78, 5) is 26.1. The van der Waals surface area contributed by atoms with Crippen molar-refractivity contribution in [3.05, 3.63) is 71.3 Å². The largest absolute Gasteiger partial charge is 0.449 e. The summed E-state index contributed by atoms with van der Waals surface area (Å²) in [6, 6.07) is 12.1. The van der Waals surface area contributed by atoms with Crippen molar-refractivity contribution in [3.8, 4) is 0 Å². The van der Waals surface area contributed by atoms with Gasteiger partial charge in [-0.1, -0.05) is 30.3 Å². The van der Waals surface area contributed by atoms with Crippen molar-refractivity contribution in [2.75, 3.05) is 11.4 Å². The summed E-state index contributed by atoms with van der Waals surface area (Å²) in [5.74, 6) is -1.14. The molecule has 0 saturated carbocycles. The van der Waals surface area contributed by atoms with Crippen LogP contribution in [0.2, 0.25) is 0 Å². The van der Waals surface area contributed by atoms with Crippen LogP contribution in [-0.4, -0.2) is 24.5 Å². The molecule has 2 aromatic rings. The van der Waals surface area contributed by atoms with Crippen LogP contribution in [0, 0.1) is 0 Å². The van der Waals surface area contributed by atoms with Gasteiger partial charge in [0.05, 0.1) is 5.56 Å². The summed E-state index contributed by atoms with van der Waals surface area (Å²) in [6.07, 6.45) is -2.50. The van der Waals surface area contributed by atoms with Crippen LogP contribution in [0.1, 0.15) is 23.6 Å². The van der Waals surface area contributed by atoms with E-state index in [-0.39, 0.29) is 11.5 Å². The fraction of sp³-hybridized carbons (Fsp3) is 0.238. The van der Waals surface area contributed by atoms with E-state index in [0.29, 0.717) is 6.54 Å². The van der Waals surface area contributed by atoms with E-state index in [4.69, 9.17) is 4.74 Å². The quantitative estimate of drug-likeness (QED) is 0.581. The van der Waals surface area contributed by atoms with E-state index in [9.17, 15) is 22.8 Å². The lowest BCUT2D eigenvalue weighted by molar-refractivity contribution is -0.149. The van der Waals surface area contributed by atoms with Crippen LogP contribution in [0.4, 0.5) is 18.9 Å². The Bertz CT molecular complexity index is 921. The molecule has 0 saturated heterocycles. The maximum Gasteiger partial charge on any atom is 0.416 e. The summed E-state index contributed by atoms with van der Waals surface area (Å²) >= 11 is 0. The zero-order valence-corrected chi connectivity index (χ0v) is 15.1. The van der Waals surface area contributed by atoms with E-state index in [0.717, 1.165) is 35.9 Å². The highest BCUT2D eigenvalue weighted by Crippen LogP contribution is 2.30. The van der Waals surface area contributed by atoms with Crippen molar-refractivity contribution in [2.24, 2.45) is 0 Å². The van der Waals surface area contributed by atoms with Gasteiger partial charge in [0.15, 0.2) is 6.10 Å². The van der Waals surface area contributed by atoms with Crippen LogP contribution in [0.5, 0.6) is 0 Å². The molecule has 1 aliphatic rings. The topological polar surface area (TPSA) is 46.6 Å². The van der Waals surface area contributed by atoms with Crippen molar-refractivity contribution < 1.29 is 27.5 Å². The SMILES string of the molecule is C[C@@H](OC(=O)/C=C/c1cccc(C(F)(F)F)c1)C(=O)N1CCc2ccccc21. The molecule has 0 N–H and O–H groups in total. The first kappa shape index (κ1) is 19.7. The molecule has 146 valence electrons. The Morgan fingerprint density at radius 2 is 1.89 bits per heavy atom. The second-order valence-corrected chi connectivity index (χ2v) is 6.40. The summed E-state index contributed by atoms with van der Waals surface area (Å²) in [5.41, 5.74) is 1.26. The Kier molecular flexibility index (Phi) is 5.53. The third-order valence-corrected chi connectivity index (χ3v) is 4.42. The van der Waals surface area contributed by atoms with Gasteiger partial charge in [-0.3, -0.25) is 4.79 Å². The molecule has 0 radical (unpaired) electrons. The lowest BCUT2D eigenvalue weighted by Gasteiger charge is -2.21. The highest BCUT2D eigenvalue weighted by molar-refractivity contribution is 6.00. The van der Waals surface area contributed by atoms with E-state index < -0.39 is 23.8 Å². The minimum Gasteiger partial charge on any atom is -0.449 e. The molecule has 1 atom stereocenters. The Morgan fingerprint density at radius 3 is 2.64 bits per heavy atom. The van der Waals surface area contributed by atoms with Crippen molar-refractivity contribution in [1.29, 1.82) is 0 Å². The minimum absolute atomic E-state index is 0.208. The van der Waals surface area contributed by atoms with Gasteiger partial charge in [-0.15, -0.1) is 0 Å². The molecule has 1 aliphatic heterocycles. The van der Waals surface area contributed by atoms with Crippen LogP contribution in [-0.2, 0) is 26.9 Å². The Morgan fingerprint density at radius 1 is 1.14 bits per heavy atom. The molecule has 1 heterocycles. The minimum atomic E-state index is -4.46. The van der Waals surface area contributed by atoms with Gasteiger partial charge in [-0.25, -0.2) is 4.79 Å². The standard InChI is InChI=1S/C21H18F3NO3/c1-14(20(27)25-12-11-16-6-2-3-8-18(16)25)28-19(26)10-9-15-5-4-7-17(13-15)21(22,23)24/h2-10,13-14H,11-12H2,1H3/b10-9+/t14-/m1/s1. The molecule has 0 aromatic heterocycles. The predicted molar refractivity (Wildman–Crippen MR) is 98.5 cm³/mol. The smallest absolute Gasteiger partial charge is 0.416 e. The van der Waals surface area contributed by atoms with E-state index in [2.05, 4.69) is 0 Å². The summed E-state index contributed by atoms with van der Waals surface area (Å²) in [6.45, 7) is 1.99. The number of para-hydroxylation sites is 1. The van der Waals surface area contributed by atoms with E-state index in [1.807, 2.05) is 24.3 Å². The van der Waals surface area contributed by atoms with Gasteiger partial charge >= 0.3 is 12.1 Å². The number of anilines is 1. The first-order valence-electron chi connectivity index (χ1n) is 8.71. The lowest BCUT2D eigenvalue weighted by Crippen LogP contribution is -2.38. The lowest BCUT2D eigenvalue weighted by atomic mass is 10.1. The van der Waals surface area contributed by atoms with Crippen molar-refractivity contribution >= 4 is 23.6 Å². The molecule has 4 nitrogen and oxygen atoms in total. The van der Waals surface area contributed by atoms with Crippen LogP contribution in [0.25, 0.3) is 6.08 Å². The number of fused-ring (bicyclic) bond motifs is 1. The zero-order valence-electron chi connectivity index (χ0n) is 15.1. The number of rotatable bonds is 4. The number of amides is 1. The highest BCUT2D eigenvalue weighted by atomic mass is 19.4. The summed E-state index contributed by atoms with van der Waals surface area (Å²) in [5, 5.41) is 0. The molecule has 0 aliphatic carbocycles. The number of nitrogens with zero attached hydrogens (tertiary/aromatic N) is 1. The first-order valence-corrected chi connectivity index (χ1v) is 8.71. The number of carbonyl (C=O) groups is 2. The van der Waals surface area contributed by atoms with Crippen molar-refractivity contribution in [3.63, 3.8) is 0 Å². The predicted octanol–water partition coefficient (Wildman–Crippen LogP) is 4.24. The third kappa shape index (κ3) is 4.42. The molecule has 1 amide bonds. The maximum atomic E-state index is 12.7. The number of carbonyl (C=O) groups excluding carboxylic acids is 2. The molecule has 2 aromatic carbocycles. The Labute approximate surface area is 160 Å². The molecule has 0 fully saturated rings. The van der Waals surface area contributed by atoms with E-state index >= 15 is 0 Å². The van der Waals surface area contributed by atoms with Crippen molar-refractivity contribution in [1.82, 2.24) is 0 Å². The number of ether oxygens (including phenoxy) is 1. The Balaban J connectivity index is 1.62. The van der Waals surface area contributed by atoms with Gasteiger partial charge in [0.25, 0.3) is 5.91 Å². The monoisotopic (exact) mass is 389 g/mol. The average Bonchev–Trinajstić information content (AvgIpc) is 3.09. The zero-order chi connectivity index (χ0) is 20.3. The maximum absolute atomic E-state index is 12.7. The molecular weight excluding hydrogens is 371 g/mol. The fourth-order valence-corrected chi connectivity index (χ4v) is 3.03. The van der Waals surface area contributed by atoms with Gasteiger partial charge in [-0.2, -0.15) is 13.2 Å². The van der Waals surface area contributed by atoms with Gasteiger partial charge in [0, 0.05) is 18.3 Å². The van der Waals surface area contributed by atoms with Gasteiger partial charge in [0.1, 0.15) is 0 Å². The highest BCUT2D eigenvalue weighted by Gasteiger charge is 2.30. The van der Waals surface area contributed by atoms with Crippen LogP contribution >= 0.6 is 0 Å². The van der Waals surface area contributed by atoms with Crippen molar-refractivity contribution in [2.45, 2.75) is 25.6 Å². The molecule has 0 spiro atoms. The van der Waals surface area contributed by atoms with Crippen LogP contribution < -0.4 is 4.90 Å². The third-order valence-electron chi connectivity index (χ3n) is 4.42. The van der Waals surface area contributed by atoms with E-state index in [1.54, 1.807) is 4.90 Å². The first-order chi connectivity index (χ1) is 13.3. The number of halogens is 3. The second kappa shape index (κ2) is 7.88. The molecule has 0 unspecified atom stereocenters. The van der Waals surface area contributed by atoms with Crippen LogP contribution in [0.15, 0.2) is 54.6 Å². The number of hydrogen-bond donors (Lipinski definition) is 0. The number of alkyl halides is 3. The van der Waals surface area contributed by atoms with E-state index in [1.165, 1.54) is 25.1 Å². The molecule has 3 rings (SSSR count). The average molecular weight is 389 g/mol.